The summed E-state index contributed by atoms with van der Waals surface area (Å²) >= 11 is 0. The monoisotopic (exact) mass is 353 g/mol. The van der Waals surface area contributed by atoms with Crippen LogP contribution in [0, 0.1) is 13.8 Å². The molecule has 1 aliphatic rings. The SMILES string of the molecule is CC(=Nc1ccccc1C)N(C1=Nc2ccccc2C1)c1ccccc1C. The minimum atomic E-state index is 0.811. The lowest BCUT2D eigenvalue weighted by Gasteiger charge is -2.26. The van der Waals surface area contributed by atoms with E-state index in [1.54, 1.807) is 0 Å². The van der Waals surface area contributed by atoms with Crippen molar-refractivity contribution in [2.45, 2.75) is 27.2 Å². The summed E-state index contributed by atoms with van der Waals surface area (Å²) in [5, 5.41) is 0. The third kappa shape index (κ3) is 3.41. The summed E-state index contributed by atoms with van der Waals surface area (Å²) in [6.45, 7) is 6.28. The van der Waals surface area contributed by atoms with Crippen LogP contribution in [0.25, 0.3) is 0 Å². The Balaban J connectivity index is 1.81. The van der Waals surface area contributed by atoms with E-state index in [2.05, 4.69) is 80.3 Å². The Morgan fingerprint density at radius 2 is 1.52 bits per heavy atom. The molecule has 3 aromatic rings. The number of aryl methyl sites for hydroxylation is 2. The lowest BCUT2D eigenvalue weighted by molar-refractivity contribution is 1.25. The third-order valence-electron chi connectivity index (χ3n) is 4.93. The predicted molar refractivity (Wildman–Crippen MR) is 115 cm³/mol. The Labute approximate surface area is 160 Å². The maximum atomic E-state index is 4.95. The molecule has 0 N–H and O–H groups in total. The Morgan fingerprint density at radius 3 is 2.26 bits per heavy atom. The minimum absolute atomic E-state index is 0.811. The van der Waals surface area contributed by atoms with Crippen molar-refractivity contribution in [3.8, 4) is 0 Å². The Bertz CT molecular complexity index is 1050. The maximum Gasteiger partial charge on any atom is 0.119 e. The number of fused-ring (bicyclic) bond motifs is 1. The third-order valence-corrected chi connectivity index (χ3v) is 4.93. The van der Waals surface area contributed by atoms with E-state index in [0.29, 0.717) is 0 Å². The number of amidine groups is 2. The first-order valence-corrected chi connectivity index (χ1v) is 9.25. The lowest BCUT2D eigenvalue weighted by atomic mass is 10.1. The Morgan fingerprint density at radius 1 is 0.852 bits per heavy atom. The van der Waals surface area contributed by atoms with Gasteiger partial charge in [0, 0.05) is 6.42 Å². The molecule has 0 aliphatic carbocycles. The van der Waals surface area contributed by atoms with Crippen LogP contribution >= 0.6 is 0 Å². The second kappa shape index (κ2) is 7.20. The molecule has 0 spiro atoms. The molecule has 0 radical (unpaired) electrons. The molecule has 0 amide bonds. The molecule has 0 saturated carbocycles. The summed E-state index contributed by atoms with van der Waals surface area (Å²) in [5.74, 6) is 1.94. The molecular weight excluding hydrogens is 330 g/mol. The van der Waals surface area contributed by atoms with E-state index in [4.69, 9.17) is 9.98 Å². The van der Waals surface area contributed by atoms with E-state index in [-0.39, 0.29) is 0 Å². The quantitative estimate of drug-likeness (QED) is 0.401. The molecule has 3 nitrogen and oxygen atoms in total. The van der Waals surface area contributed by atoms with E-state index in [1.807, 2.05) is 18.2 Å². The normalized spacial score (nSPS) is 13.3. The zero-order chi connectivity index (χ0) is 18.8. The van der Waals surface area contributed by atoms with Gasteiger partial charge in [-0.3, -0.25) is 4.90 Å². The summed E-state index contributed by atoms with van der Waals surface area (Å²) in [5.41, 5.74) is 6.79. The second-order valence-corrected chi connectivity index (χ2v) is 6.90. The highest BCUT2D eigenvalue weighted by molar-refractivity contribution is 6.21. The fourth-order valence-electron chi connectivity index (χ4n) is 3.47. The van der Waals surface area contributed by atoms with Crippen LogP contribution in [0.4, 0.5) is 17.1 Å². The summed E-state index contributed by atoms with van der Waals surface area (Å²) in [6, 6.07) is 25.0. The molecular formula is C24H23N3. The second-order valence-electron chi connectivity index (χ2n) is 6.90. The number of benzene rings is 3. The number of hydrogen-bond acceptors (Lipinski definition) is 2. The standard InChI is InChI=1S/C24H23N3/c1-17-10-4-7-13-21(17)25-19(3)27(23-15-9-5-11-18(23)2)24-16-20-12-6-8-14-22(20)26-24/h4-15H,16H2,1-3H3. The fourth-order valence-corrected chi connectivity index (χ4v) is 3.47. The van der Waals surface area contributed by atoms with Crippen molar-refractivity contribution in [2.24, 2.45) is 9.98 Å². The van der Waals surface area contributed by atoms with Gasteiger partial charge in [-0.2, -0.15) is 0 Å². The highest BCUT2D eigenvalue weighted by atomic mass is 15.2. The maximum absolute atomic E-state index is 4.95. The first kappa shape index (κ1) is 17.2. The molecule has 1 heterocycles. The average molecular weight is 353 g/mol. The molecule has 4 rings (SSSR count). The van der Waals surface area contributed by atoms with Crippen molar-refractivity contribution in [3.05, 3.63) is 89.5 Å². The van der Waals surface area contributed by atoms with Crippen LogP contribution in [-0.2, 0) is 6.42 Å². The fraction of sp³-hybridized carbons (Fsp3) is 0.167. The van der Waals surface area contributed by atoms with Crippen molar-refractivity contribution >= 4 is 28.7 Å². The molecule has 0 fully saturated rings. The predicted octanol–water partition coefficient (Wildman–Crippen LogP) is 6.15. The highest BCUT2D eigenvalue weighted by Gasteiger charge is 2.24. The average Bonchev–Trinajstić information content (AvgIpc) is 3.09. The highest BCUT2D eigenvalue weighted by Crippen LogP contribution is 2.31. The van der Waals surface area contributed by atoms with Gasteiger partial charge in [0.1, 0.15) is 11.7 Å². The molecule has 27 heavy (non-hydrogen) atoms. The van der Waals surface area contributed by atoms with Gasteiger partial charge in [0.2, 0.25) is 0 Å². The molecule has 0 saturated heterocycles. The zero-order valence-corrected chi connectivity index (χ0v) is 16.0. The first-order valence-electron chi connectivity index (χ1n) is 9.25. The molecule has 3 heteroatoms. The van der Waals surface area contributed by atoms with Crippen LogP contribution in [0.2, 0.25) is 0 Å². The van der Waals surface area contributed by atoms with Crippen LogP contribution in [0.5, 0.6) is 0 Å². The van der Waals surface area contributed by atoms with Crippen molar-refractivity contribution in [2.75, 3.05) is 4.90 Å². The minimum Gasteiger partial charge on any atom is -0.286 e. The zero-order valence-electron chi connectivity index (χ0n) is 16.0. The summed E-state index contributed by atoms with van der Waals surface area (Å²) in [7, 11) is 0. The number of rotatable bonds is 2. The Kier molecular flexibility index (Phi) is 4.59. The van der Waals surface area contributed by atoms with Crippen LogP contribution in [0.3, 0.4) is 0 Å². The molecule has 3 aromatic carbocycles. The smallest absolute Gasteiger partial charge is 0.119 e. The summed E-state index contributed by atoms with van der Waals surface area (Å²) in [6.07, 6.45) is 0.811. The number of aliphatic imine (C=N–C) groups is 2. The van der Waals surface area contributed by atoms with Crippen molar-refractivity contribution in [3.63, 3.8) is 0 Å². The van der Waals surface area contributed by atoms with Gasteiger partial charge in [0.25, 0.3) is 0 Å². The van der Waals surface area contributed by atoms with Crippen LogP contribution in [0.15, 0.2) is 82.8 Å². The molecule has 0 atom stereocenters. The molecule has 0 unspecified atom stereocenters. The van der Waals surface area contributed by atoms with E-state index in [1.165, 1.54) is 16.7 Å². The van der Waals surface area contributed by atoms with Crippen molar-refractivity contribution < 1.29 is 0 Å². The summed E-state index contributed by atoms with van der Waals surface area (Å²) in [4.78, 5) is 12.1. The van der Waals surface area contributed by atoms with E-state index >= 15 is 0 Å². The largest absolute Gasteiger partial charge is 0.286 e. The van der Waals surface area contributed by atoms with Gasteiger partial charge in [0.05, 0.1) is 17.1 Å². The number of nitrogens with zero attached hydrogens (tertiary/aromatic N) is 3. The first-order chi connectivity index (χ1) is 13.1. The van der Waals surface area contributed by atoms with Gasteiger partial charge < -0.3 is 0 Å². The van der Waals surface area contributed by atoms with E-state index in [9.17, 15) is 0 Å². The molecule has 134 valence electrons. The van der Waals surface area contributed by atoms with E-state index in [0.717, 1.165) is 35.2 Å². The van der Waals surface area contributed by atoms with E-state index < -0.39 is 0 Å². The number of para-hydroxylation sites is 3. The number of hydrogen-bond donors (Lipinski definition) is 0. The Hall–Kier alpha value is -3.20. The van der Waals surface area contributed by atoms with Crippen LogP contribution in [-0.4, -0.2) is 11.7 Å². The topological polar surface area (TPSA) is 28.0 Å². The van der Waals surface area contributed by atoms with Gasteiger partial charge in [-0.05, 0) is 55.7 Å². The van der Waals surface area contributed by atoms with Crippen molar-refractivity contribution in [1.82, 2.24) is 0 Å². The van der Waals surface area contributed by atoms with Gasteiger partial charge in [-0.1, -0.05) is 54.6 Å². The summed E-state index contributed by atoms with van der Waals surface area (Å²) < 4.78 is 0. The van der Waals surface area contributed by atoms with Gasteiger partial charge in [0.15, 0.2) is 0 Å². The van der Waals surface area contributed by atoms with Gasteiger partial charge in [-0.15, -0.1) is 0 Å². The van der Waals surface area contributed by atoms with Gasteiger partial charge in [-0.25, -0.2) is 9.98 Å². The molecule has 0 aromatic heterocycles. The number of anilines is 1. The lowest BCUT2D eigenvalue weighted by Crippen LogP contribution is -2.36. The van der Waals surface area contributed by atoms with Crippen molar-refractivity contribution in [1.29, 1.82) is 0 Å². The molecule has 0 bridgehead atoms. The van der Waals surface area contributed by atoms with Crippen LogP contribution < -0.4 is 4.90 Å². The van der Waals surface area contributed by atoms with Gasteiger partial charge >= 0.3 is 0 Å². The van der Waals surface area contributed by atoms with Crippen LogP contribution in [0.1, 0.15) is 23.6 Å². The molecule has 1 aliphatic heterocycles.